The number of amides is 2. The molecule has 0 heterocycles. The topological polar surface area (TPSA) is 58.2 Å². The Morgan fingerprint density at radius 2 is 1.73 bits per heavy atom. The molecule has 0 aliphatic rings. The van der Waals surface area contributed by atoms with Gasteiger partial charge in [-0.25, -0.2) is 0 Å². The van der Waals surface area contributed by atoms with Crippen molar-refractivity contribution in [1.29, 1.82) is 0 Å². The smallest absolute Gasteiger partial charge is 0.234 e. The molecule has 0 bridgehead atoms. The molecule has 0 spiro atoms. The van der Waals surface area contributed by atoms with Crippen LogP contribution in [0.15, 0.2) is 48.5 Å². The van der Waals surface area contributed by atoms with Crippen molar-refractivity contribution in [2.75, 3.05) is 17.6 Å². The fourth-order valence-corrected chi connectivity index (χ4v) is 3.07. The van der Waals surface area contributed by atoms with Gasteiger partial charge in [-0.15, -0.1) is 11.8 Å². The van der Waals surface area contributed by atoms with E-state index in [9.17, 15) is 9.59 Å². The van der Waals surface area contributed by atoms with Gasteiger partial charge in [-0.2, -0.15) is 0 Å². The first-order valence-corrected chi connectivity index (χ1v) is 9.87. The maximum absolute atomic E-state index is 12.1. The molecule has 0 aromatic heterocycles. The Morgan fingerprint density at radius 1 is 1.08 bits per heavy atom. The molecule has 2 rings (SSSR count). The van der Waals surface area contributed by atoms with Gasteiger partial charge >= 0.3 is 0 Å². The molecule has 138 valence electrons. The predicted molar refractivity (Wildman–Crippen MR) is 110 cm³/mol. The zero-order valence-electron chi connectivity index (χ0n) is 14.9. The first-order valence-electron chi connectivity index (χ1n) is 8.44. The number of halogens is 1. The van der Waals surface area contributed by atoms with Crippen LogP contribution in [0.2, 0.25) is 5.02 Å². The molecule has 2 amide bonds. The molecule has 0 fully saturated rings. The standard InChI is InChI=1S/C20H23ClN2O2S/c1-14-3-9-18(10-4-14)23-19(24)13-26-15(2)20(25)22-12-11-16-5-7-17(21)8-6-16/h3-10,15H,11-13H2,1-2H3,(H,22,25)(H,23,24)/t15-/m0/s1. The molecule has 0 unspecified atom stereocenters. The van der Waals surface area contributed by atoms with Crippen LogP contribution in [0, 0.1) is 6.92 Å². The third-order valence-corrected chi connectivity index (χ3v) is 5.19. The van der Waals surface area contributed by atoms with E-state index in [0.717, 1.165) is 23.2 Å². The minimum atomic E-state index is -0.288. The van der Waals surface area contributed by atoms with Gasteiger partial charge in [0.15, 0.2) is 0 Å². The van der Waals surface area contributed by atoms with Gasteiger partial charge in [-0.05, 0) is 50.1 Å². The SMILES string of the molecule is Cc1ccc(NC(=O)CS[C@@H](C)C(=O)NCCc2ccc(Cl)cc2)cc1. The highest BCUT2D eigenvalue weighted by Gasteiger charge is 2.14. The molecule has 1 atom stereocenters. The van der Waals surface area contributed by atoms with Gasteiger partial charge < -0.3 is 10.6 Å². The van der Waals surface area contributed by atoms with Gasteiger partial charge in [0.25, 0.3) is 0 Å². The van der Waals surface area contributed by atoms with Crippen molar-refractivity contribution < 1.29 is 9.59 Å². The summed E-state index contributed by atoms with van der Waals surface area (Å²) in [5.74, 6) is 0.0615. The molecule has 0 saturated carbocycles. The number of nitrogens with one attached hydrogen (secondary N) is 2. The van der Waals surface area contributed by atoms with Crippen molar-refractivity contribution in [2.24, 2.45) is 0 Å². The fourth-order valence-electron chi connectivity index (χ4n) is 2.24. The lowest BCUT2D eigenvalue weighted by Gasteiger charge is -2.12. The minimum Gasteiger partial charge on any atom is -0.355 e. The second kappa shape index (κ2) is 10.2. The summed E-state index contributed by atoms with van der Waals surface area (Å²) in [5, 5.41) is 6.14. The normalized spacial score (nSPS) is 11.7. The highest BCUT2D eigenvalue weighted by atomic mass is 35.5. The van der Waals surface area contributed by atoms with Crippen molar-refractivity contribution in [2.45, 2.75) is 25.5 Å². The lowest BCUT2D eigenvalue weighted by Crippen LogP contribution is -2.33. The van der Waals surface area contributed by atoms with Crippen LogP contribution in [0.5, 0.6) is 0 Å². The maximum Gasteiger partial charge on any atom is 0.234 e. The Balaban J connectivity index is 1.66. The van der Waals surface area contributed by atoms with Gasteiger partial charge in [-0.3, -0.25) is 9.59 Å². The molecule has 26 heavy (non-hydrogen) atoms. The Kier molecular flexibility index (Phi) is 8.01. The van der Waals surface area contributed by atoms with Crippen LogP contribution in [0.3, 0.4) is 0 Å². The van der Waals surface area contributed by atoms with E-state index in [-0.39, 0.29) is 22.8 Å². The summed E-state index contributed by atoms with van der Waals surface area (Å²) >= 11 is 7.17. The number of aryl methyl sites for hydroxylation is 1. The van der Waals surface area contributed by atoms with Crippen LogP contribution in [-0.4, -0.2) is 29.4 Å². The first-order chi connectivity index (χ1) is 12.4. The van der Waals surface area contributed by atoms with Gasteiger partial charge in [-0.1, -0.05) is 41.4 Å². The van der Waals surface area contributed by atoms with Crippen molar-refractivity contribution >= 4 is 40.9 Å². The summed E-state index contributed by atoms with van der Waals surface area (Å²) in [5.41, 5.74) is 3.02. The summed E-state index contributed by atoms with van der Waals surface area (Å²) in [7, 11) is 0. The Hall–Kier alpha value is -1.98. The highest BCUT2D eigenvalue weighted by Crippen LogP contribution is 2.13. The van der Waals surface area contributed by atoms with Crippen LogP contribution in [0.1, 0.15) is 18.1 Å². The molecule has 0 radical (unpaired) electrons. The summed E-state index contributed by atoms with van der Waals surface area (Å²) < 4.78 is 0. The number of carbonyl (C=O) groups excluding carboxylic acids is 2. The monoisotopic (exact) mass is 390 g/mol. The number of hydrogen-bond acceptors (Lipinski definition) is 3. The summed E-state index contributed by atoms with van der Waals surface area (Å²) in [6.07, 6.45) is 0.744. The number of anilines is 1. The third-order valence-electron chi connectivity index (χ3n) is 3.80. The van der Waals surface area contributed by atoms with Gasteiger partial charge in [0.1, 0.15) is 0 Å². The Morgan fingerprint density at radius 3 is 2.38 bits per heavy atom. The molecule has 6 heteroatoms. The second-order valence-electron chi connectivity index (χ2n) is 6.03. The average molecular weight is 391 g/mol. The van der Waals surface area contributed by atoms with Crippen LogP contribution in [0.25, 0.3) is 0 Å². The summed E-state index contributed by atoms with van der Waals surface area (Å²) in [6.45, 7) is 4.36. The van der Waals surface area contributed by atoms with Gasteiger partial charge in [0.05, 0.1) is 11.0 Å². The quantitative estimate of drug-likeness (QED) is 0.714. The summed E-state index contributed by atoms with van der Waals surface area (Å²) in [4.78, 5) is 24.1. The largest absolute Gasteiger partial charge is 0.355 e. The fraction of sp³-hybridized carbons (Fsp3) is 0.300. The van der Waals surface area contributed by atoms with Crippen LogP contribution in [-0.2, 0) is 16.0 Å². The van der Waals surface area contributed by atoms with Gasteiger partial charge in [0, 0.05) is 17.3 Å². The molecule has 0 aliphatic heterocycles. The first kappa shape index (κ1) is 20.3. The Bertz CT molecular complexity index is 732. The highest BCUT2D eigenvalue weighted by molar-refractivity contribution is 8.01. The molecule has 0 saturated heterocycles. The molecule has 2 N–H and O–H groups in total. The van der Waals surface area contributed by atoms with Gasteiger partial charge in [0.2, 0.25) is 11.8 Å². The molecular formula is C20H23ClN2O2S. The molecule has 2 aromatic rings. The van der Waals surface area contributed by atoms with E-state index in [0.29, 0.717) is 11.6 Å². The van der Waals surface area contributed by atoms with Crippen LogP contribution >= 0.6 is 23.4 Å². The minimum absolute atomic E-state index is 0.0629. The molecular weight excluding hydrogens is 368 g/mol. The molecule has 0 aliphatic carbocycles. The molecule has 4 nitrogen and oxygen atoms in total. The van der Waals surface area contributed by atoms with Crippen LogP contribution < -0.4 is 10.6 Å². The van der Waals surface area contributed by atoms with Crippen molar-refractivity contribution in [3.05, 3.63) is 64.7 Å². The van der Waals surface area contributed by atoms with E-state index in [1.165, 1.54) is 11.8 Å². The van der Waals surface area contributed by atoms with E-state index in [1.807, 2.05) is 55.5 Å². The lowest BCUT2D eigenvalue weighted by molar-refractivity contribution is -0.120. The number of hydrogen-bond donors (Lipinski definition) is 2. The zero-order valence-corrected chi connectivity index (χ0v) is 16.5. The number of rotatable bonds is 8. The predicted octanol–water partition coefficient (Wildman–Crippen LogP) is 4.07. The number of carbonyl (C=O) groups is 2. The number of thioether (sulfide) groups is 1. The summed E-state index contributed by atoms with van der Waals surface area (Å²) in [6, 6.07) is 15.2. The van der Waals surface area contributed by atoms with E-state index in [4.69, 9.17) is 11.6 Å². The molecule has 2 aromatic carbocycles. The van der Waals surface area contributed by atoms with E-state index >= 15 is 0 Å². The Labute approximate surface area is 163 Å². The third kappa shape index (κ3) is 7.10. The maximum atomic E-state index is 12.1. The van der Waals surface area contributed by atoms with Crippen molar-refractivity contribution in [3.63, 3.8) is 0 Å². The van der Waals surface area contributed by atoms with Crippen LogP contribution in [0.4, 0.5) is 5.69 Å². The number of benzene rings is 2. The zero-order chi connectivity index (χ0) is 18.9. The van der Waals surface area contributed by atoms with E-state index in [2.05, 4.69) is 10.6 Å². The van der Waals surface area contributed by atoms with E-state index < -0.39 is 0 Å². The van der Waals surface area contributed by atoms with Crippen molar-refractivity contribution in [1.82, 2.24) is 5.32 Å². The lowest BCUT2D eigenvalue weighted by atomic mass is 10.1. The van der Waals surface area contributed by atoms with Crippen molar-refractivity contribution in [3.8, 4) is 0 Å². The average Bonchev–Trinajstić information content (AvgIpc) is 2.63. The second-order valence-corrected chi connectivity index (χ2v) is 7.80. The van der Waals surface area contributed by atoms with E-state index in [1.54, 1.807) is 6.92 Å².